The van der Waals surface area contributed by atoms with E-state index < -0.39 is 17.9 Å². The van der Waals surface area contributed by atoms with Crippen LogP contribution in [0.15, 0.2) is 53.5 Å². The Bertz CT molecular complexity index is 1790. The quantitative estimate of drug-likeness (QED) is 0.0478. The van der Waals surface area contributed by atoms with E-state index in [2.05, 4.69) is 17.2 Å². The molecule has 0 unspecified atom stereocenters. The Kier molecular flexibility index (Phi) is 27.3. The number of rotatable bonds is 20. The molecule has 8 N–H and O–H groups in total. The summed E-state index contributed by atoms with van der Waals surface area (Å²) in [6.07, 6.45) is 3.48. The lowest BCUT2D eigenvalue weighted by molar-refractivity contribution is -0.140. The molecule has 1 saturated heterocycles. The SMILES string of the molecule is CCCCN=C(N)N.CCCN1CC(=O)N(Cc2ccc(OCCCNC(=O)CN3CCN(CC(=O)O)CCN(CC(=O)O)CCN(CC(=O)O)CC3)cc2)c2ccccc2C1=O.FI. The number of aliphatic carboxylic acids is 3. The van der Waals surface area contributed by atoms with Crippen LogP contribution >= 0.6 is 23.2 Å². The number of carboxylic acid groups (broad SMARTS) is 3. The molecule has 362 valence electrons. The number of carboxylic acids is 3. The summed E-state index contributed by atoms with van der Waals surface area (Å²) >= 11 is 0.650. The zero-order valence-electron chi connectivity index (χ0n) is 37.4. The Morgan fingerprint density at radius 1 is 0.738 bits per heavy atom. The molecule has 0 radical (unpaired) electrons. The first-order valence-corrected chi connectivity index (χ1v) is 22.4. The number of hydrogen-bond acceptors (Lipinski definition) is 12. The zero-order chi connectivity index (χ0) is 48.1. The predicted molar refractivity (Wildman–Crippen MR) is 253 cm³/mol. The highest BCUT2D eigenvalue weighted by atomic mass is 127. The Balaban J connectivity index is 0.00000131. The van der Waals surface area contributed by atoms with Gasteiger partial charge in [-0.2, -0.15) is 2.86 Å². The second-order valence-electron chi connectivity index (χ2n) is 15.4. The highest BCUT2D eigenvalue weighted by molar-refractivity contribution is 14.1. The third kappa shape index (κ3) is 22.5. The van der Waals surface area contributed by atoms with Crippen LogP contribution < -0.4 is 26.4 Å². The van der Waals surface area contributed by atoms with E-state index in [-0.39, 0.29) is 56.4 Å². The summed E-state index contributed by atoms with van der Waals surface area (Å²) < 4.78 is 15.4. The number of carbonyl (C=O) groups is 6. The number of fused-ring (bicyclic) bond motifs is 1. The average molecular weight is 1030 g/mol. The Morgan fingerprint density at radius 3 is 1.72 bits per heavy atom. The van der Waals surface area contributed by atoms with Gasteiger partial charge in [-0.3, -0.25) is 53.4 Å². The molecule has 65 heavy (non-hydrogen) atoms. The van der Waals surface area contributed by atoms with Crippen molar-refractivity contribution in [3.63, 3.8) is 0 Å². The number of nitrogens with zero attached hydrogens (tertiary/aromatic N) is 7. The molecule has 2 aliphatic rings. The van der Waals surface area contributed by atoms with Crippen LogP contribution in [0.3, 0.4) is 0 Å². The maximum Gasteiger partial charge on any atom is 0.317 e. The summed E-state index contributed by atoms with van der Waals surface area (Å²) in [5.41, 5.74) is 12.1. The number of halogens is 2. The Labute approximate surface area is 394 Å². The summed E-state index contributed by atoms with van der Waals surface area (Å²) in [4.78, 5) is 87.8. The fourth-order valence-electron chi connectivity index (χ4n) is 6.91. The number of guanidine groups is 1. The van der Waals surface area contributed by atoms with Crippen molar-refractivity contribution in [3.05, 3.63) is 59.7 Å². The number of benzene rings is 2. The second kappa shape index (κ2) is 31.7. The van der Waals surface area contributed by atoms with Gasteiger partial charge in [-0.15, -0.1) is 0 Å². The topological polar surface area (TPSA) is 268 Å². The van der Waals surface area contributed by atoms with Crippen molar-refractivity contribution in [2.45, 2.75) is 46.1 Å². The van der Waals surface area contributed by atoms with Crippen molar-refractivity contribution in [1.82, 2.24) is 29.8 Å². The van der Waals surface area contributed by atoms with Crippen LogP contribution in [0.2, 0.25) is 0 Å². The van der Waals surface area contributed by atoms with Gasteiger partial charge in [0.25, 0.3) is 5.91 Å². The van der Waals surface area contributed by atoms with Gasteiger partial charge in [0.05, 0.1) is 50.6 Å². The van der Waals surface area contributed by atoms with Gasteiger partial charge in [0.2, 0.25) is 11.8 Å². The maximum atomic E-state index is 13.3. The van der Waals surface area contributed by atoms with E-state index in [1.54, 1.807) is 42.7 Å². The van der Waals surface area contributed by atoms with Crippen molar-refractivity contribution in [2.24, 2.45) is 16.5 Å². The smallest absolute Gasteiger partial charge is 0.317 e. The van der Waals surface area contributed by atoms with Crippen LogP contribution in [-0.2, 0) is 30.5 Å². The minimum atomic E-state index is -1.02. The number of ether oxygens (including phenoxy) is 1. The first-order valence-electron chi connectivity index (χ1n) is 21.6. The molecule has 2 aromatic carbocycles. The van der Waals surface area contributed by atoms with Crippen LogP contribution in [0.1, 0.15) is 55.5 Å². The zero-order valence-corrected chi connectivity index (χ0v) is 39.6. The molecule has 0 saturated carbocycles. The lowest BCUT2D eigenvalue weighted by Gasteiger charge is -2.32. The van der Waals surface area contributed by atoms with Gasteiger partial charge in [0.15, 0.2) is 29.1 Å². The molecule has 2 aliphatic heterocycles. The van der Waals surface area contributed by atoms with Crippen molar-refractivity contribution in [2.75, 3.05) is 116 Å². The number of para-hydroxylation sites is 1. The minimum absolute atomic E-state index is 0.0183. The molecule has 2 aromatic rings. The summed E-state index contributed by atoms with van der Waals surface area (Å²) in [6, 6.07) is 14.6. The third-order valence-electron chi connectivity index (χ3n) is 10.2. The summed E-state index contributed by atoms with van der Waals surface area (Å²) in [5.74, 6) is -2.76. The molecule has 0 spiro atoms. The van der Waals surface area contributed by atoms with Crippen LogP contribution in [-0.4, -0.2) is 193 Å². The Hall–Kier alpha value is -5.17. The van der Waals surface area contributed by atoms with E-state index in [4.69, 9.17) is 16.2 Å². The fourth-order valence-corrected chi connectivity index (χ4v) is 6.91. The van der Waals surface area contributed by atoms with Crippen LogP contribution in [0, 0.1) is 0 Å². The van der Waals surface area contributed by atoms with Gasteiger partial charge in [0, 0.05) is 72.0 Å². The third-order valence-corrected chi connectivity index (χ3v) is 10.2. The van der Waals surface area contributed by atoms with Gasteiger partial charge >= 0.3 is 17.9 Å². The molecule has 0 atom stereocenters. The number of nitrogens with one attached hydrogen (secondary N) is 1. The summed E-state index contributed by atoms with van der Waals surface area (Å²) in [7, 11) is 0. The van der Waals surface area contributed by atoms with Gasteiger partial charge < -0.3 is 46.6 Å². The van der Waals surface area contributed by atoms with E-state index in [1.165, 1.54) is 0 Å². The lowest BCUT2D eigenvalue weighted by Crippen LogP contribution is -2.49. The molecule has 1 fully saturated rings. The first kappa shape index (κ1) is 56.0. The highest BCUT2D eigenvalue weighted by Crippen LogP contribution is 2.28. The number of hydrogen-bond donors (Lipinski definition) is 6. The summed E-state index contributed by atoms with van der Waals surface area (Å²) in [6.45, 7) is 8.21. The van der Waals surface area contributed by atoms with Crippen LogP contribution in [0.25, 0.3) is 0 Å². The standard InChI is InChI=1S/C38H53N7O10.C5H13N3.FI/c1-2-13-44-25-34(47)45(32-7-4-3-6-31(32)38(44)54)23-29-8-10-30(11-9-29)55-22-5-12-39-33(46)24-40-14-16-41(26-35(48)49)18-20-43(28-37(52)53)21-19-42(17-15-40)27-36(50)51;1-2-3-4-8-5(6)7;1-2/h3-4,6-11H,2,5,12-28H2,1H3,(H,39,46)(H,48,49)(H,50,51)(H,52,53);2-4H2,1H3,(H4,6,7,8);. The van der Waals surface area contributed by atoms with Crippen LogP contribution in [0.5, 0.6) is 5.75 Å². The maximum absolute atomic E-state index is 13.3. The van der Waals surface area contributed by atoms with E-state index in [0.29, 0.717) is 125 Å². The number of carbonyl (C=O) groups excluding carboxylic acids is 3. The predicted octanol–water partition coefficient (Wildman–Crippen LogP) is 1.81. The fraction of sp³-hybridized carbons (Fsp3) is 0.558. The molecule has 0 aliphatic carbocycles. The molecular formula is C43H66FIN10O10. The molecule has 22 heteroatoms. The number of amides is 3. The van der Waals surface area contributed by atoms with E-state index in [1.807, 2.05) is 42.2 Å². The van der Waals surface area contributed by atoms with Gasteiger partial charge in [-0.05, 0) is 49.1 Å². The van der Waals surface area contributed by atoms with Gasteiger partial charge in [0.1, 0.15) is 12.3 Å². The van der Waals surface area contributed by atoms with Crippen molar-refractivity contribution in [1.29, 1.82) is 0 Å². The van der Waals surface area contributed by atoms with Crippen molar-refractivity contribution < 1.29 is 51.7 Å². The molecule has 3 amide bonds. The number of anilines is 1. The number of unbranched alkanes of at least 4 members (excludes halogenated alkanes) is 1. The largest absolute Gasteiger partial charge is 0.494 e. The van der Waals surface area contributed by atoms with Crippen molar-refractivity contribution >= 4 is 70.4 Å². The van der Waals surface area contributed by atoms with Crippen molar-refractivity contribution in [3.8, 4) is 5.75 Å². The highest BCUT2D eigenvalue weighted by Gasteiger charge is 2.31. The van der Waals surface area contributed by atoms with Gasteiger partial charge in [-0.25, -0.2) is 0 Å². The first-order chi connectivity index (χ1) is 31.2. The molecule has 0 bridgehead atoms. The van der Waals surface area contributed by atoms with Gasteiger partial charge in [-0.1, -0.05) is 44.5 Å². The lowest BCUT2D eigenvalue weighted by atomic mass is 10.1. The Morgan fingerprint density at radius 2 is 1.25 bits per heavy atom. The molecule has 4 rings (SSSR count). The number of aliphatic imine (C=N–C) groups is 1. The summed E-state index contributed by atoms with van der Waals surface area (Å²) in [5, 5.41) is 31.1. The van der Waals surface area contributed by atoms with Crippen LogP contribution in [0.4, 0.5) is 8.55 Å². The van der Waals surface area contributed by atoms with E-state index in [9.17, 15) is 46.9 Å². The second-order valence-corrected chi connectivity index (χ2v) is 15.4. The normalized spacial score (nSPS) is 15.6. The monoisotopic (exact) mass is 1030 g/mol. The average Bonchev–Trinajstić information content (AvgIpc) is 3.35. The van der Waals surface area contributed by atoms with E-state index in [0.717, 1.165) is 31.4 Å². The van der Waals surface area contributed by atoms with E-state index >= 15 is 0 Å². The number of nitrogens with two attached hydrogens (primary N) is 2. The minimum Gasteiger partial charge on any atom is -0.494 e. The molecular weight excluding hydrogens is 962 g/mol. The molecule has 0 aromatic heterocycles. The molecule has 2 heterocycles. The molecule has 20 nitrogen and oxygen atoms in total.